The van der Waals surface area contributed by atoms with Crippen LogP contribution < -0.4 is 10.2 Å². The predicted octanol–water partition coefficient (Wildman–Crippen LogP) is 2.15. The molecule has 4 rings (SSSR count). The Balaban J connectivity index is 1.37. The zero-order chi connectivity index (χ0) is 19.7. The summed E-state index contributed by atoms with van der Waals surface area (Å²) in [5.41, 5.74) is 2.36. The Morgan fingerprint density at radius 3 is 2.29 bits per heavy atom. The molecule has 2 heterocycles. The fraction of sp³-hybridized carbons (Fsp3) is 0.286. The Morgan fingerprint density at radius 1 is 1.07 bits per heavy atom. The first kappa shape index (κ1) is 18.2. The summed E-state index contributed by atoms with van der Waals surface area (Å²) >= 11 is 0. The quantitative estimate of drug-likeness (QED) is 0.806. The molecule has 1 N–H and O–H groups in total. The van der Waals surface area contributed by atoms with Crippen LogP contribution in [0.4, 0.5) is 11.4 Å². The van der Waals surface area contributed by atoms with Crippen molar-refractivity contribution < 1.29 is 19.1 Å². The maximum absolute atomic E-state index is 12.3. The number of nitrogens with zero attached hydrogens (tertiary/aromatic N) is 2. The number of fused-ring (bicyclic) bond motifs is 1. The molecule has 0 spiro atoms. The van der Waals surface area contributed by atoms with Crippen molar-refractivity contribution in [2.24, 2.45) is 0 Å². The summed E-state index contributed by atoms with van der Waals surface area (Å²) in [7, 11) is 1.72. The summed E-state index contributed by atoms with van der Waals surface area (Å²) in [5, 5.41) is 2.75. The van der Waals surface area contributed by atoms with E-state index in [-0.39, 0.29) is 12.6 Å². The van der Waals surface area contributed by atoms with E-state index in [9.17, 15) is 14.4 Å². The van der Waals surface area contributed by atoms with E-state index < -0.39 is 17.7 Å². The Morgan fingerprint density at radius 2 is 1.71 bits per heavy atom. The SMILES string of the molecule is COC1CCN(c2ccc(NC(=O)CN3C(=O)c4ccccc4C3=O)cc2)C1. The molecular formula is C21H21N3O4. The molecule has 0 aliphatic carbocycles. The van der Waals surface area contributed by atoms with E-state index in [0.717, 1.165) is 30.1 Å². The number of anilines is 2. The molecule has 1 atom stereocenters. The van der Waals surface area contributed by atoms with Crippen molar-refractivity contribution in [3.8, 4) is 0 Å². The van der Waals surface area contributed by atoms with Gasteiger partial charge in [0.1, 0.15) is 6.54 Å². The van der Waals surface area contributed by atoms with Crippen LogP contribution in [0.15, 0.2) is 48.5 Å². The highest BCUT2D eigenvalue weighted by atomic mass is 16.5. The molecular weight excluding hydrogens is 358 g/mol. The Kier molecular flexibility index (Phi) is 4.83. The molecule has 0 radical (unpaired) electrons. The van der Waals surface area contributed by atoms with Crippen molar-refractivity contribution in [1.82, 2.24) is 4.90 Å². The first-order valence-corrected chi connectivity index (χ1v) is 9.19. The van der Waals surface area contributed by atoms with Crippen LogP contribution in [0.1, 0.15) is 27.1 Å². The van der Waals surface area contributed by atoms with Crippen LogP contribution in [0, 0.1) is 0 Å². The molecule has 0 aromatic heterocycles. The normalized spacial score (nSPS) is 18.5. The monoisotopic (exact) mass is 379 g/mol. The van der Waals surface area contributed by atoms with Crippen molar-refractivity contribution in [1.29, 1.82) is 0 Å². The highest BCUT2D eigenvalue weighted by molar-refractivity contribution is 6.22. The van der Waals surface area contributed by atoms with E-state index >= 15 is 0 Å². The summed E-state index contributed by atoms with van der Waals surface area (Å²) < 4.78 is 5.38. The van der Waals surface area contributed by atoms with Gasteiger partial charge < -0.3 is 15.0 Å². The lowest BCUT2D eigenvalue weighted by Gasteiger charge is -2.19. The van der Waals surface area contributed by atoms with Crippen molar-refractivity contribution in [2.75, 3.05) is 37.0 Å². The third kappa shape index (κ3) is 3.36. The summed E-state index contributed by atoms with van der Waals surface area (Å²) in [6, 6.07) is 14.1. The Labute approximate surface area is 162 Å². The molecule has 3 amide bonds. The van der Waals surface area contributed by atoms with Gasteiger partial charge in [0.2, 0.25) is 5.91 Å². The Hall–Kier alpha value is -3.19. The molecule has 7 heteroatoms. The van der Waals surface area contributed by atoms with Gasteiger partial charge in [0, 0.05) is 31.6 Å². The number of carbonyl (C=O) groups is 3. The second-order valence-electron chi connectivity index (χ2n) is 6.93. The zero-order valence-electron chi connectivity index (χ0n) is 15.6. The maximum Gasteiger partial charge on any atom is 0.262 e. The van der Waals surface area contributed by atoms with Crippen LogP contribution in [0.2, 0.25) is 0 Å². The molecule has 2 aromatic carbocycles. The average Bonchev–Trinajstić information content (AvgIpc) is 3.28. The van der Waals surface area contributed by atoms with Crippen LogP contribution in [-0.2, 0) is 9.53 Å². The molecule has 1 unspecified atom stereocenters. The third-order valence-corrected chi connectivity index (χ3v) is 5.17. The van der Waals surface area contributed by atoms with Gasteiger partial charge in [-0.2, -0.15) is 0 Å². The minimum absolute atomic E-state index is 0.249. The van der Waals surface area contributed by atoms with Gasteiger partial charge >= 0.3 is 0 Å². The molecule has 1 fully saturated rings. The minimum atomic E-state index is -0.437. The van der Waals surface area contributed by atoms with Gasteiger partial charge in [-0.1, -0.05) is 12.1 Å². The number of rotatable bonds is 5. The molecule has 0 bridgehead atoms. The van der Waals surface area contributed by atoms with Gasteiger partial charge in [0.05, 0.1) is 17.2 Å². The van der Waals surface area contributed by atoms with Gasteiger partial charge in [-0.25, -0.2) is 0 Å². The number of amides is 3. The lowest BCUT2D eigenvalue weighted by atomic mass is 10.1. The van der Waals surface area contributed by atoms with E-state index in [4.69, 9.17) is 4.74 Å². The molecule has 1 saturated heterocycles. The van der Waals surface area contributed by atoms with E-state index in [1.807, 2.05) is 24.3 Å². The number of nitrogens with one attached hydrogen (secondary N) is 1. The summed E-state index contributed by atoms with van der Waals surface area (Å²) in [6.07, 6.45) is 1.24. The summed E-state index contributed by atoms with van der Waals surface area (Å²) in [5.74, 6) is -1.29. The van der Waals surface area contributed by atoms with Crippen LogP contribution in [0.3, 0.4) is 0 Å². The van der Waals surface area contributed by atoms with Crippen molar-refractivity contribution in [3.63, 3.8) is 0 Å². The van der Waals surface area contributed by atoms with Crippen LogP contribution in [0.5, 0.6) is 0 Å². The van der Waals surface area contributed by atoms with Crippen LogP contribution in [-0.4, -0.2) is 55.5 Å². The zero-order valence-corrected chi connectivity index (χ0v) is 15.6. The molecule has 2 aliphatic heterocycles. The van der Waals surface area contributed by atoms with Gasteiger partial charge in [-0.15, -0.1) is 0 Å². The number of imide groups is 1. The van der Waals surface area contributed by atoms with Crippen molar-refractivity contribution >= 4 is 29.1 Å². The van der Waals surface area contributed by atoms with Gasteiger partial charge in [0.25, 0.3) is 11.8 Å². The van der Waals surface area contributed by atoms with E-state index in [1.54, 1.807) is 31.4 Å². The fourth-order valence-electron chi connectivity index (χ4n) is 3.64. The lowest BCUT2D eigenvalue weighted by Crippen LogP contribution is -2.37. The molecule has 2 aliphatic rings. The van der Waals surface area contributed by atoms with E-state index in [2.05, 4.69) is 10.2 Å². The smallest absolute Gasteiger partial charge is 0.262 e. The predicted molar refractivity (Wildman–Crippen MR) is 105 cm³/mol. The molecule has 144 valence electrons. The van der Waals surface area contributed by atoms with E-state index in [1.165, 1.54) is 0 Å². The Bertz CT molecular complexity index is 891. The number of carbonyl (C=O) groups excluding carboxylic acids is 3. The van der Waals surface area contributed by atoms with E-state index in [0.29, 0.717) is 16.8 Å². The van der Waals surface area contributed by atoms with Crippen LogP contribution >= 0.6 is 0 Å². The maximum atomic E-state index is 12.3. The highest BCUT2D eigenvalue weighted by Crippen LogP contribution is 2.24. The minimum Gasteiger partial charge on any atom is -0.380 e. The standard InChI is InChI=1S/C21H21N3O4/c1-28-16-10-11-23(12-16)15-8-6-14(7-9-15)22-19(25)13-24-20(26)17-4-2-3-5-18(17)21(24)27/h2-9,16H,10-13H2,1H3,(H,22,25). The molecule has 7 nitrogen and oxygen atoms in total. The van der Waals surface area contributed by atoms with Gasteiger partial charge in [-0.05, 0) is 42.8 Å². The number of benzene rings is 2. The first-order chi connectivity index (χ1) is 13.6. The second kappa shape index (κ2) is 7.44. The lowest BCUT2D eigenvalue weighted by molar-refractivity contribution is -0.116. The largest absolute Gasteiger partial charge is 0.380 e. The van der Waals surface area contributed by atoms with Gasteiger partial charge in [0.15, 0.2) is 0 Å². The second-order valence-corrected chi connectivity index (χ2v) is 6.93. The molecule has 0 saturated carbocycles. The number of hydrogen-bond donors (Lipinski definition) is 1. The van der Waals surface area contributed by atoms with Gasteiger partial charge in [-0.3, -0.25) is 19.3 Å². The number of ether oxygens (including phenoxy) is 1. The molecule has 2 aromatic rings. The fourth-order valence-corrected chi connectivity index (χ4v) is 3.64. The summed E-state index contributed by atoms with van der Waals surface area (Å²) in [4.78, 5) is 40.3. The van der Waals surface area contributed by atoms with Crippen LogP contribution in [0.25, 0.3) is 0 Å². The third-order valence-electron chi connectivity index (χ3n) is 5.17. The average molecular weight is 379 g/mol. The summed E-state index contributed by atoms with van der Waals surface area (Å²) in [6.45, 7) is 1.47. The first-order valence-electron chi connectivity index (χ1n) is 9.19. The highest BCUT2D eigenvalue weighted by Gasteiger charge is 2.36. The number of methoxy groups -OCH3 is 1. The molecule has 28 heavy (non-hydrogen) atoms. The topological polar surface area (TPSA) is 79.0 Å². The number of hydrogen-bond acceptors (Lipinski definition) is 5. The van der Waals surface area contributed by atoms with Crippen molar-refractivity contribution in [2.45, 2.75) is 12.5 Å². The van der Waals surface area contributed by atoms with Crippen molar-refractivity contribution in [3.05, 3.63) is 59.7 Å².